The molecule has 0 spiro atoms. The number of aliphatic imine (C=N–C) groups is 1. The van der Waals surface area contributed by atoms with Crippen LogP contribution in [0.1, 0.15) is 44.1 Å². The van der Waals surface area contributed by atoms with Crippen molar-refractivity contribution in [3.8, 4) is 5.75 Å². The average Bonchev–Trinajstić information content (AvgIpc) is 2.93. The van der Waals surface area contributed by atoms with Gasteiger partial charge in [-0.3, -0.25) is 4.68 Å². The summed E-state index contributed by atoms with van der Waals surface area (Å²) in [5.74, 6) is 1.72. The number of nitrogens with one attached hydrogen (secondary N) is 2. The highest BCUT2D eigenvalue weighted by Gasteiger charge is 2.03. The lowest BCUT2D eigenvalue weighted by molar-refractivity contribution is 0.242. The van der Waals surface area contributed by atoms with E-state index in [4.69, 9.17) is 4.74 Å². The molecule has 6 heteroatoms. The Hall–Kier alpha value is -2.50. The normalized spacial score (nSPS) is 11.7. The monoisotopic (exact) mass is 371 g/mol. The van der Waals surface area contributed by atoms with Crippen LogP contribution in [0.25, 0.3) is 0 Å². The van der Waals surface area contributed by atoms with Gasteiger partial charge in [-0.15, -0.1) is 0 Å². The van der Waals surface area contributed by atoms with Gasteiger partial charge in [-0.25, -0.2) is 4.99 Å². The van der Waals surface area contributed by atoms with Gasteiger partial charge in [0.25, 0.3) is 0 Å². The van der Waals surface area contributed by atoms with E-state index in [1.165, 1.54) is 5.69 Å². The van der Waals surface area contributed by atoms with Gasteiger partial charge in [0.2, 0.25) is 0 Å². The van der Waals surface area contributed by atoms with Crippen LogP contribution in [0.4, 0.5) is 0 Å². The van der Waals surface area contributed by atoms with Crippen molar-refractivity contribution in [1.82, 2.24) is 20.4 Å². The van der Waals surface area contributed by atoms with Crippen LogP contribution in [0.2, 0.25) is 0 Å². The molecule has 1 aromatic carbocycles. The number of hydrogen-bond acceptors (Lipinski definition) is 3. The highest BCUT2D eigenvalue weighted by molar-refractivity contribution is 5.79. The summed E-state index contributed by atoms with van der Waals surface area (Å²) in [6.07, 6.45) is 1.16. The third kappa shape index (κ3) is 7.33. The molecule has 2 N–H and O–H groups in total. The summed E-state index contributed by atoms with van der Waals surface area (Å²) in [4.78, 5) is 4.69. The number of aryl methyl sites for hydroxylation is 3. The molecule has 1 aromatic heterocycles. The Morgan fingerprint density at radius 1 is 1.22 bits per heavy atom. The third-order valence-electron chi connectivity index (χ3n) is 3.98. The molecule has 2 rings (SSSR count). The van der Waals surface area contributed by atoms with Crippen molar-refractivity contribution in [1.29, 1.82) is 0 Å². The van der Waals surface area contributed by atoms with Crippen molar-refractivity contribution in [2.45, 2.75) is 60.2 Å². The van der Waals surface area contributed by atoms with Gasteiger partial charge in [0.05, 0.1) is 18.3 Å². The Kier molecular flexibility index (Phi) is 8.17. The van der Waals surface area contributed by atoms with Crippen molar-refractivity contribution in [3.63, 3.8) is 0 Å². The first-order valence-corrected chi connectivity index (χ1v) is 9.76. The van der Waals surface area contributed by atoms with Gasteiger partial charge in [-0.05, 0) is 64.8 Å². The fourth-order valence-electron chi connectivity index (χ4n) is 2.84. The molecule has 0 radical (unpaired) electrons. The molecule has 0 aliphatic heterocycles. The Bertz CT molecular complexity index is 736. The van der Waals surface area contributed by atoms with Crippen LogP contribution in [-0.4, -0.2) is 34.9 Å². The molecule has 0 amide bonds. The van der Waals surface area contributed by atoms with Gasteiger partial charge < -0.3 is 15.4 Å². The third-order valence-corrected chi connectivity index (χ3v) is 3.98. The molecular formula is C21H33N5O. The predicted molar refractivity (Wildman–Crippen MR) is 111 cm³/mol. The Labute approximate surface area is 163 Å². The summed E-state index contributed by atoms with van der Waals surface area (Å²) >= 11 is 0. The van der Waals surface area contributed by atoms with Crippen LogP contribution in [0, 0.1) is 13.8 Å². The quantitative estimate of drug-likeness (QED) is 0.403. The van der Waals surface area contributed by atoms with E-state index in [-0.39, 0.29) is 6.10 Å². The number of ether oxygens (including phenoxy) is 1. The van der Waals surface area contributed by atoms with Crippen LogP contribution in [0.5, 0.6) is 5.75 Å². The number of benzene rings is 1. The Morgan fingerprint density at radius 2 is 2.04 bits per heavy atom. The van der Waals surface area contributed by atoms with Gasteiger partial charge in [0, 0.05) is 25.3 Å². The minimum atomic E-state index is 0.171. The van der Waals surface area contributed by atoms with Crippen LogP contribution >= 0.6 is 0 Å². The molecule has 0 atom stereocenters. The van der Waals surface area contributed by atoms with Crippen LogP contribution < -0.4 is 15.4 Å². The molecule has 0 saturated carbocycles. The molecule has 27 heavy (non-hydrogen) atoms. The van der Waals surface area contributed by atoms with Gasteiger partial charge in [0.1, 0.15) is 5.75 Å². The molecule has 148 valence electrons. The van der Waals surface area contributed by atoms with E-state index in [0.717, 1.165) is 49.0 Å². The summed E-state index contributed by atoms with van der Waals surface area (Å²) < 4.78 is 7.81. The first-order chi connectivity index (χ1) is 13.0. The molecule has 6 nitrogen and oxygen atoms in total. The maximum absolute atomic E-state index is 5.75. The van der Waals surface area contributed by atoms with E-state index in [2.05, 4.69) is 57.5 Å². The zero-order valence-electron chi connectivity index (χ0n) is 17.2. The first-order valence-electron chi connectivity index (χ1n) is 9.76. The smallest absolute Gasteiger partial charge is 0.191 e. The molecule has 2 aromatic rings. The molecule has 0 aliphatic carbocycles. The average molecular weight is 372 g/mol. The standard InChI is InChI=1S/C21H33N5O/c1-6-22-21(23-11-8-12-26-18(5)13-17(4)25-26)24-15-19-9-7-10-20(14-19)27-16(2)3/h7,9-10,13-14,16H,6,8,11-12,15H2,1-5H3,(H2,22,23,24). The van der Waals surface area contributed by atoms with Crippen LogP contribution in [0.3, 0.4) is 0 Å². The van der Waals surface area contributed by atoms with E-state index in [9.17, 15) is 0 Å². The maximum atomic E-state index is 5.75. The number of rotatable bonds is 9. The minimum Gasteiger partial charge on any atom is -0.491 e. The highest BCUT2D eigenvalue weighted by Crippen LogP contribution is 2.15. The number of aromatic nitrogens is 2. The lowest BCUT2D eigenvalue weighted by atomic mass is 10.2. The zero-order valence-corrected chi connectivity index (χ0v) is 17.2. The molecule has 0 bridgehead atoms. The number of hydrogen-bond donors (Lipinski definition) is 2. The van der Waals surface area contributed by atoms with Crippen LogP contribution in [0.15, 0.2) is 35.3 Å². The molecule has 0 unspecified atom stereocenters. The molecule has 0 saturated heterocycles. The molecule has 0 fully saturated rings. The summed E-state index contributed by atoms with van der Waals surface area (Å²) in [7, 11) is 0. The second-order valence-electron chi connectivity index (χ2n) is 6.94. The molecular weight excluding hydrogens is 338 g/mol. The van der Waals surface area contributed by atoms with Gasteiger partial charge in [-0.1, -0.05) is 12.1 Å². The van der Waals surface area contributed by atoms with E-state index in [1.807, 2.05) is 32.9 Å². The van der Waals surface area contributed by atoms with Crippen molar-refractivity contribution < 1.29 is 4.74 Å². The lowest BCUT2D eigenvalue weighted by Crippen LogP contribution is -2.38. The molecule has 1 heterocycles. The van der Waals surface area contributed by atoms with Crippen molar-refractivity contribution in [2.75, 3.05) is 13.1 Å². The highest BCUT2D eigenvalue weighted by atomic mass is 16.5. The van der Waals surface area contributed by atoms with E-state index in [0.29, 0.717) is 6.54 Å². The first kappa shape index (κ1) is 20.8. The van der Waals surface area contributed by atoms with Gasteiger partial charge >= 0.3 is 0 Å². The fraction of sp³-hybridized carbons (Fsp3) is 0.524. The van der Waals surface area contributed by atoms with Gasteiger partial charge in [-0.2, -0.15) is 5.10 Å². The van der Waals surface area contributed by atoms with Crippen molar-refractivity contribution in [2.24, 2.45) is 4.99 Å². The number of guanidine groups is 1. The largest absolute Gasteiger partial charge is 0.491 e. The molecule has 0 aliphatic rings. The second kappa shape index (κ2) is 10.6. The second-order valence-corrected chi connectivity index (χ2v) is 6.94. The fourth-order valence-corrected chi connectivity index (χ4v) is 2.84. The Morgan fingerprint density at radius 3 is 2.70 bits per heavy atom. The summed E-state index contributed by atoms with van der Waals surface area (Å²) in [5, 5.41) is 11.2. The summed E-state index contributed by atoms with van der Waals surface area (Å²) in [6.45, 7) is 13.5. The lowest BCUT2D eigenvalue weighted by Gasteiger charge is -2.13. The number of nitrogens with zero attached hydrogens (tertiary/aromatic N) is 3. The zero-order chi connectivity index (χ0) is 19.6. The summed E-state index contributed by atoms with van der Waals surface area (Å²) in [5.41, 5.74) is 3.41. The summed E-state index contributed by atoms with van der Waals surface area (Å²) in [6, 6.07) is 10.2. The van der Waals surface area contributed by atoms with E-state index >= 15 is 0 Å². The topological polar surface area (TPSA) is 63.5 Å². The minimum absolute atomic E-state index is 0.171. The van der Waals surface area contributed by atoms with Gasteiger partial charge in [0.15, 0.2) is 5.96 Å². The maximum Gasteiger partial charge on any atom is 0.191 e. The van der Waals surface area contributed by atoms with E-state index < -0.39 is 0 Å². The van der Waals surface area contributed by atoms with Crippen LogP contribution in [-0.2, 0) is 13.1 Å². The van der Waals surface area contributed by atoms with Crippen molar-refractivity contribution in [3.05, 3.63) is 47.3 Å². The van der Waals surface area contributed by atoms with E-state index in [1.54, 1.807) is 0 Å². The predicted octanol–water partition coefficient (Wildman–Crippen LogP) is 3.43. The Balaban J connectivity index is 1.85. The van der Waals surface area contributed by atoms with Crippen molar-refractivity contribution >= 4 is 5.96 Å². The SMILES string of the molecule is CCNC(=NCc1cccc(OC(C)C)c1)NCCCn1nc(C)cc1C.